The molecule has 0 bridgehead atoms. The van der Waals surface area contributed by atoms with Crippen LogP contribution in [0.15, 0.2) is 28.7 Å². The molecule has 0 radical (unpaired) electrons. The molecule has 0 saturated heterocycles. The Morgan fingerprint density at radius 1 is 1.32 bits per heavy atom. The molecule has 0 spiro atoms. The first kappa shape index (κ1) is 12.7. The van der Waals surface area contributed by atoms with Gasteiger partial charge in [0.05, 0.1) is 6.04 Å². The quantitative estimate of drug-likeness (QED) is 0.848. The van der Waals surface area contributed by atoms with E-state index in [2.05, 4.69) is 43.4 Å². The smallest absolute Gasteiger partial charge is 0.134 e. The molecule has 1 saturated carbocycles. The van der Waals surface area contributed by atoms with Crippen molar-refractivity contribution in [2.24, 2.45) is 5.92 Å². The molecule has 2 nitrogen and oxygen atoms in total. The molecule has 102 valence electrons. The number of hydrogen-bond acceptors (Lipinski definition) is 2. The molecule has 1 aliphatic carbocycles. The van der Waals surface area contributed by atoms with Crippen LogP contribution < -0.4 is 5.32 Å². The molecule has 1 N–H and O–H groups in total. The van der Waals surface area contributed by atoms with Gasteiger partial charge in [0.15, 0.2) is 0 Å². The molecule has 3 rings (SSSR count). The molecule has 0 aliphatic heterocycles. The van der Waals surface area contributed by atoms with Crippen LogP contribution in [0.5, 0.6) is 0 Å². The highest BCUT2D eigenvalue weighted by atomic mass is 16.3. The van der Waals surface area contributed by atoms with Crippen LogP contribution in [0.4, 0.5) is 0 Å². The van der Waals surface area contributed by atoms with E-state index in [4.69, 9.17) is 4.42 Å². The second-order valence-corrected chi connectivity index (χ2v) is 5.81. The number of furan rings is 1. The Morgan fingerprint density at radius 2 is 2.16 bits per heavy atom. The van der Waals surface area contributed by atoms with Crippen molar-refractivity contribution in [2.45, 2.75) is 45.6 Å². The molecule has 1 aliphatic rings. The van der Waals surface area contributed by atoms with Crippen LogP contribution in [0.25, 0.3) is 11.0 Å². The topological polar surface area (TPSA) is 25.2 Å². The molecule has 1 unspecified atom stereocenters. The maximum Gasteiger partial charge on any atom is 0.134 e. The molecule has 1 fully saturated rings. The summed E-state index contributed by atoms with van der Waals surface area (Å²) in [5.41, 5.74) is 2.31. The first-order chi connectivity index (χ1) is 9.28. The highest BCUT2D eigenvalue weighted by Gasteiger charge is 2.30. The van der Waals surface area contributed by atoms with Gasteiger partial charge in [-0.2, -0.15) is 0 Å². The Kier molecular flexibility index (Phi) is 3.61. The fourth-order valence-corrected chi connectivity index (χ4v) is 2.91. The molecule has 2 aromatic rings. The van der Waals surface area contributed by atoms with Gasteiger partial charge in [0.2, 0.25) is 0 Å². The number of rotatable bonds is 5. The summed E-state index contributed by atoms with van der Waals surface area (Å²) in [6, 6.07) is 9.05. The second-order valence-electron chi connectivity index (χ2n) is 5.81. The normalized spacial score (nSPS) is 17.6. The minimum atomic E-state index is 0.404. The van der Waals surface area contributed by atoms with Crippen LogP contribution in [-0.2, 0) is 0 Å². The number of nitrogens with one attached hydrogen (secondary N) is 1. The summed E-state index contributed by atoms with van der Waals surface area (Å²) >= 11 is 0. The van der Waals surface area contributed by atoms with E-state index in [1.54, 1.807) is 0 Å². The van der Waals surface area contributed by atoms with E-state index < -0.39 is 0 Å². The lowest BCUT2D eigenvalue weighted by atomic mass is 9.78. The van der Waals surface area contributed by atoms with E-state index in [-0.39, 0.29) is 0 Å². The Hall–Kier alpha value is -1.28. The van der Waals surface area contributed by atoms with Crippen molar-refractivity contribution in [3.63, 3.8) is 0 Å². The number of fused-ring (bicyclic) bond motifs is 1. The van der Waals surface area contributed by atoms with Gasteiger partial charge in [0.25, 0.3) is 0 Å². The average Bonchev–Trinajstić information content (AvgIpc) is 2.74. The first-order valence-electron chi connectivity index (χ1n) is 7.51. The summed E-state index contributed by atoms with van der Waals surface area (Å²) < 4.78 is 6.08. The van der Waals surface area contributed by atoms with Crippen molar-refractivity contribution < 1.29 is 4.42 Å². The SMILES string of the molecule is CCCNC(c1cc2cc(C)ccc2o1)C1CCC1. The van der Waals surface area contributed by atoms with Crippen LogP contribution in [-0.4, -0.2) is 6.54 Å². The minimum absolute atomic E-state index is 0.404. The number of aryl methyl sites for hydroxylation is 1. The summed E-state index contributed by atoms with van der Waals surface area (Å²) in [6.45, 7) is 5.41. The summed E-state index contributed by atoms with van der Waals surface area (Å²) in [4.78, 5) is 0. The molecule has 1 heterocycles. The average molecular weight is 257 g/mol. The molecular formula is C17H23NO. The van der Waals surface area contributed by atoms with E-state index in [0.29, 0.717) is 6.04 Å². The van der Waals surface area contributed by atoms with Crippen LogP contribution >= 0.6 is 0 Å². The highest BCUT2D eigenvalue weighted by molar-refractivity contribution is 5.78. The zero-order valence-electron chi connectivity index (χ0n) is 11.9. The summed E-state index contributed by atoms with van der Waals surface area (Å²) in [5.74, 6) is 1.88. The molecule has 19 heavy (non-hydrogen) atoms. The lowest BCUT2D eigenvalue weighted by Gasteiger charge is -2.33. The standard InChI is InChI=1S/C17H23NO/c1-3-9-18-17(13-5-4-6-13)16-11-14-10-12(2)7-8-15(14)19-16/h7-8,10-11,13,17-18H,3-6,9H2,1-2H3. The zero-order valence-corrected chi connectivity index (χ0v) is 11.9. The van der Waals surface area contributed by atoms with Crippen LogP contribution in [0.1, 0.15) is 50.0 Å². The van der Waals surface area contributed by atoms with Gasteiger partial charge in [0.1, 0.15) is 11.3 Å². The number of benzene rings is 1. The van der Waals surface area contributed by atoms with E-state index >= 15 is 0 Å². The summed E-state index contributed by atoms with van der Waals surface area (Å²) in [5, 5.41) is 4.90. The monoisotopic (exact) mass is 257 g/mol. The Labute approximate surface area is 115 Å². The Bertz CT molecular complexity index is 553. The van der Waals surface area contributed by atoms with Gasteiger partial charge in [-0.05, 0) is 56.8 Å². The molecule has 1 aromatic carbocycles. The lowest BCUT2D eigenvalue weighted by Crippen LogP contribution is -2.32. The van der Waals surface area contributed by atoms with Crippen LogP contribution in [0.2, 0.25) is 0 Å². The van der Waals surface area contributed by atoms with Gasteiger partial charge in [0, 0.05) is 5.39 Å². The number of hydrogen-bond donors (Lipinski definition) is 1. The predicted octanol–water partition coefficient (Wildman–Crippen LogP) is 4.58. The summed E-state index contributed by atoms with van der Waals surface area (Å²) in [6.07, 6.45) is 5.20. The third kappa shape index (κ3) is 2.55. The van der Waals surface area contributed by atoms with Crippen LogP contribution in [0, 0.1) is 12.8 Å². The van der Waals surface area contributed by atoms with Crippen molar-refractivity contribution in [2.75, 3.05) is 6.54 Å². The van der Waals surface area contributed by atoms with Gasteiger partial charge in [-0.25, -0.2) is 0 Å². The van der Waals surface area contributed by atoms with E-state index in [1.165, 1.54) is 36.6 Å². The molecule has 1 atom stereocenters. The predicted molar refractivity (Wildman–Crippen MR) is 79.3 cm³/mol. The third-order valence-corrected chi connectivity index (χ3v) is 4.23. The lowest BCUT2D eigenvalue weighted by molar-refractivity contribution is 0.210. The van der Waals surface area contributed by atoms with Crippen molar-refractivity contribution >= 4 is 11.0 Å². The van der Waals surface area contributed by atoms with E-state index in [9.17, 15) is 0 Å². The molecule has 2 heteroatoms. The van der Waals surface area contributed by atoms with Crippen molar-refractivity contribution in [1.82, 2.24) is 5.32 Å². The fourth-order valence-electron chi connectivity index (χ4n) is 2.91. The van der Waals surface area contributed by atoms with Crippen molar-refractivity contribution in [3.8, 4) is 0 Å². The maximum atomic E-state index is 6.08. The highest BCUT2D eigenvalue weighted by Crippen LogP contribution is 2.39. The van der Waals surface area contributed by atoms with Gasteiger partial charge >= 0.3 is 0 Å². The molecule has 0 amide bonds. The van der Waals surface area contributed by atoms with Gasteiger partial charge in [-0.1, -0.05) is 25.0 Å². The summed E-state index contributed by atoms with van der Waals surface area (Å²) in [7, 11) is 0. The minimum Gasteiger partial charge on any atom is -0.459 e. The van der Waals surface area contributed by atoms with Gasteiger partial charge in [-0.15, -0.1) is 0 Å². The Morgan fingerprint density at radius 3 is 2.84 bits per heavy atom. The van der Waals surface area contributed by atoms with E-state index in [0.717, 1.165) is 23.8 Å². The third-order valence-electron chi connectivity index (χ3n) is 4.23. The van der Waals surface area contributed by atoms with Gasteiger partial charge in [-0.3, -0.25) is 0 Å². The molecule has 1 aromatic heterocycles. The van der Waals surface area contributed by atoms with Crippen molar-refractivity contribution in [1.29, 1.82) is 0 Å². The van der Waals surface area contributed by atoms with E-state index in [1.807, 2.05) is 0 Å². The largest absolute Gasteiger partial charge is 0.459 e. The first-order valence-corrected chi connectivity index (χ1v) is 7.51. The maximum absolute atomic E-state index is 6.08. The van der Waals surface area contributed by atoms with Gasteiger partial charge < -0.3 is 9.73 Å². The molecular weight excluding hydrogens is 234 g/mol. The Balaban J connectivity index is 1.89. The zero-order chi connectivity index (χ0) is 13.2. The second kappa shape index (κ2) is 5.38. The van der Waals surface area contributed by atoms with Crippen LogP contribution in [0.3, 0.4) is 0 Å². The fraction of sp³-hybridized carbons (Fsp3) is 0.529. The van der Waals surface area contributed by atoms with Crippen molar-refractivity contribution in [3.05, 3.63) is 35.6 Å².